The number of hydrogen-bond acceptors (Lipinski definition) is 1. The van der Waals surface area contributed by atoms with Gasteiger partial charge in [0.05, 0.1) is 0 Å². The molecule has 0 saturated heterocycles. The van der Waals surface area contributed by atoms with E-state index in [0.29, 0.717) is 5.92 Å². The van der Waals surface area contributed by atoms with Gasteiger partial charge >= 0.3 is 0 Å². The van der Waals surface area contributed by atoms with Gasteiger partial charge in [-0.2, -0.15) is 0 Å². The van der Waals surface area contributed by atoms with Crippen molar-refractivity contribution in [2.75, 3.05) is 0 Å². The Labute approximate surface area is 90.2 Å². The van der Waals surface area contributed by atoms with Gasteiger partial charge in [-0.1, -0.05) is 39.5 Å². The van der Waals surface area contributed by atoms with Crippen molar-refractivity contribution < 1.29 is 4.39 Å². The highest BCUT2D eigenvalue weighted by atomic mass is 32.1. The molecule has 1 unspecified atom stereocenters. The molecule has 1 aromatic rings. The second-order valence-electron chi connectivity index (χ2n) is 3.81. The molecule has 1 heterocycles. The van der Waals surface area contributed by atoms with Crippen LogP contribution in [0.25, 0.3) is 0 Å². The predicted octanol–water partition coefficient (Wildman–Crippen LogP) is 4.65. The molecule has 1 atom stereocenters. The number of thiophene rings is 1. The molecule has 1 rings (SSSR count). The van der Waals surface area contributed by atoms with E-state index < -0.39 is 0 Å². The predicted molar refractivity (Wildman–Crippen MR) is 61.3 cm³/mol. The summed E-state index contributed by atoms with van der Waals surface area (Å²) in [6.45, 7) is 4.41. The molecule has 0 saturated carbocycles. The number of rotatable bonds is 6. The van der Waals surface area contributed by atoms with Crippen LogP contribution < -0.4 is 0 Å². The lowest BCUT2D eigenvalue weighted by molar-refractivity contribution is 0.444. The molecule has 0 fully saturated rings. The third kappa shape index (κ3) is 3.41. The van der Waals surface area contributed by atoms with Crippen LogP contribution in [-0.2, 0) is 6.42 Å². The molecule has 0 aliphatic carbocycles. The van der Waals surface area contributed by atoms with Crippen LogP contribution in [0, 0.1) is 11.7 Å². The molecular weight excluding hydrogens is 195 g/mol. The Morgan fingerprint density at radius 2 is 2.21 bits per heavy atom. The number of halogens is 1. The first-order chi connectivity index (χ1) is 6.77. The van der Waals surface area contributed by atoms with Gasteiger partial charge in [-0.05, 0) is 23.8 Å². The Balaban J connectivity index is 2.44. The largest absolute Gasteiger partial charge is 0.206 e. The van der Waals surface area contributed by atoms with E-state index in [2.05, 4.69) is 13.8 Å². The Bertz CT molecular complexity index is 255. The van der Waals surface area contributed by atoms with Gasteiger partial charge < -0.3 is 0 Å². The van der Waals surface area contributed by atoms with Crippen LogP contribution in [0.2, 0.25) is 0 Å². The summed E-state index contributed by atoms with van der Waals surface area (Å²) in [7, 11) is 0. The van der Waals surface area contributed by atoms with E-state index in [1.807, 2.05) is 5.38 Å². The summed E-state index contributed by atoms with van der Waals surface area (Å²) >= 11 is 1.55. The Hall–Kier alpha value is -0.370. The summed E-state index contributed by atoms with van der Waals surface area (Å²) in [5, 5.41) is 1.84. The lowest BCUT2D eigenvalue weighted by Crippen LogP contribution is -2.03. The molecule has 2 heteroatoms. The average Bonchev–Trinajstić information content (AvgIpc) is 2.59. The van der Waals surface area contributed by atoms with Crippen LogP contribution in [-0.4, -0.2) is 0 Å². The van der Waals surface area contributed by atoms with E-state index in [1.165, 1.54) is 19.3 Å². The molecule has 0 N–H and O–H groups in total. The zero-order chi connectivity index (χ0) is 10.4. The van der Waals surface area contributed by atoms with Crippen molar-refractivity contribution in [2.24, 2.45) is 5.92 Å². The standard InChI is InChI=1S/C12H19FS/c1-3-5-6-10(4-2)9-12-11(13)7-8-14-12/h7-8,10H,3-6,9H2,1-2H3. The van der Waals surface area contributed by atoms with Gasteiger partial charge in [-0.25, -0.2) is 4.39 Å². The molecule has 0 spiro atoms. The lowest BCUT2D eigenvalue weighted by Gasteiger charge is -2.12. The zero-order valence-electron chi connectivity index (χ0n) is 9.05. The lowest BCUT2D eigenvalue weighted by atomic mass is 9.95. The van der Waals surface area contributed by atoms with Crippen molar-refractivity contribution in [1.29, 1.82) is 0 Å². The average molecular weight is 214 g/mol. The van der Waals surface area contributed by atoms with Gasteiger partial charge in [0.1, 0.15) is 5.82 Å². The monoisotopic (exact) mass is 214 g/mol. The molecule has 0 bridgehead atoms. The normalized spacial score (nSPS) is 13.1. The second kappa shape index (κ2) is 6.18. The van der Waals surface area contributed by atoms with Crippen LogP contribution in [0.1, 0.15) is 44.4 Å². The van der Waals surface area contributed by atoms with Crippen molar-refractivity contribution in [3.8, 4) is 0 Å². The molecule has 0 aliphatic rings. The Kier molecular flexibility index (Phi) is 5.16. The third-order valence-electron chi connectivity index (χ3n) is 2.71. The summed E-state index contributed by atoms with van der Waals surface area (Å²) < 4.78 is 13.2. The molecule has 80 valence electrons. The molecule has 0 radical (unpaired) electrons. The summed E-state index contributed by atoms with van der Waals surface area (Å²) in [6, 6.07) is 1.58. The third-order valence-corrected chi connectivity index (χ3v) is 3.63. The maximum atomic E-state index is 13.2. The fourth-order valence-electron chi connectivity index (χ4n) is 1.68. The van der Waals surface area contributed by atoms with Gasteiger partial charge in [0.15, 0.2) is 0 Å². The minimum atomic E-state index is -0.00931. The van der Waals surface area contributed by atoms with Crippen LogP contribution in [0.15, 0.2) is 11.4 Å². The highest BCUT2D eigenvalue weighted by Gasteiger charge is 2.11. The van der Waals surface area contributed by atoms with Gasteiger partial charge in [-0.15, -0.1) is 11.3 Å². The first kappa shape index (κ1) is 11.7. The van der Waals surface area contributed by atoms with Crippen LogP contribution >= 0.6 is 11.3 Å². The van der Waals surface area contributed by atoms with Crippen molar-refractivity contribution in [3.05, 3.63) is 22.1 Å². The van der Waals surface area contributed by atoms with E-state index in [4.69, 9.17) is 0 Å². The van der Waals surface area contributed by atoms with Gasteiger partial charge in [0.25, 0.3) is 0 Å². The molecule has 0 aromatic carbocycles. The van der Waals surface area contributed by atoms with Crippen molar-refractivity contribution >= 4 is 11.3 Å². The maximum absolute atomic E-state index is 13.2. The van der Waals surface area contributed by atoms with E-state index in [9.17, 15) is 4.39 Å². The summed E-state index contributed by atoms with van der Waals surface area (Å²) in [5.74, 6) is 0.660. The highest BCUT2D eigenvalue weighted by Crippen LogP contribution is 2.23. The first-order valence-electron chi connectivity index (χ1n) is 5.49. The summed E-state index contributed by atoms with van der Waals surface area (Å²) in [6.07, 6.45) is 5.84. The van der Waals surface area contributed by atoms with E-state index >= 15 is 0 Å². The zero-order valence-corrected chi connectivity index (χ0v) is 9.87. The fraction of sp³-hybridized carbons (Fsp3) is 0.667. The topological polar surface area (TPSA) is 0 Å². The molecule has 1 aromatic heterocycles. The second-order valence-corrected chi connectivity index (χ2v) is 4.81. The Morgan fingerprint density at radius 1 is 1.43 bits per heavy atom. The fourth-order valence-corrected chi connectivity index (χ4v) is 2.54. The van der Waals surface area contributed by atoms with E-state index in [1.54, 1.807) is 17.4 Å². The molecule has 0 nitrogen and oxygen atoms in total. The van der Waals surface area contributed by atoms with Crippen LogP contribution in [0.3, 0.4) is 0 Å². The smallest absolute Gasteiger partial charge is 0.137 e. The molecule has 14 heavy (non-hydrogen) atoms. The number of unbranched alkanes of at least 4 members (excludes halogenated alkanes) is 1. The summed E-state index contributed by atoms with van der Waals surface area (Å²) in [4.78, 5) is 0.938. The number of hydrogen-bond donors (Lipinski definition) is 0. The van der Waals surface area contributed by atoms with Crippen LogP contribution in [0.4, 0.5) is 4.39 Å². The van der Waals surface area contributed by atoms with Gasteiger partial charge in [0.2, 0.25) is 0 Å². The van der Waals surface area contributed by atoms with Crippen LogP contribution in [0.5, 0.6) is 0 Å². The van der Waals surface area contributed by atoms with E-state index in [0.717, 1.165) is 17.7 Å². The van der Waals surface area contributed by atoms with Crippen molar-refractivity contribution in [3.63, 3.8) is 0 Å². The first-order valence-corrected chi connectivity index (χ1v) is 6.37. The Morgan fingerprint density at radius 3 is 2.71 bits per heavy atom. The van der Waals surface area contributed by atoms with Gasteiger partial charge in [-0.3, -0.25) is 0 Å². The van der Waals surface area contributed by atoms with E-state index in [-0.39, 0.29) is 5.82 Å². The SMILES string of the molecule is CCCCC(CC)Cc1sccc1F. The minimum Gasteiger partial charge on any atom is -0.206 e. The minimum absolute atomic E-state index is 0.00931. The quantitative estimate of drug-likeness (QED) is 0.647. The molecule has 0 amide bonds. The van der Waals surface area contributed by atoms with Crippen molar-refractivity contribution in [1.82, 2.24) is 0 Å². The highest BCUT2D eigenvalue weighted by molar-refractivity contribution is 7.09. The van der Waals surface area contributed by atoms with Crippen molar-refractivity contribution in [2.45, 2.75) is 46.0 Å². The summed E-state index contributed by atoms with van der Waals surface area (Å²) in [5.41, 5.74) is 0. The molecule has 0 aliphatic heterocycles. The molecular formula is C12H19FS. The maximum Gasteiger partial charge on any atom is 0.137 e. The van der Waals surface area contributed by atoms with Gasteiger partial charge in [0, 0.05) is 4.88 Å².